The fraction of sp³-hybridized carbons (Fsp3) is 0.600. The highest BCUT2D eigenvalue weighted by Crippen LogP contribution is 2.11. The van der Waals surface area contributed by atoms with Gasteiger partial charge in [-0.05, 0) is 25.9 Å². The Bertz CT molecular complexity index is 342. The van der Waals surface area contributed by atoms with Crippen molar-refractivity contribution in [3.05, 3.63) is 17.8 Å². The molecule has 0 saturated carbocycles. The van der Waals surface area contributed by atoms with Gasteiger partial charge in [0.1, 0.15) is 5.76 Å². The Labute approximate surface area is 87.7 Å². The van der Waals surface area contributed by atoms with E-state index in [0.717, 1.165) is 19.6 Å². The van der Waals surface area contributed by atoms with E-state index in [0.29, 0.717) is 12.2 Å². The van der Waals surface area contributed by atoms with Crippen LogP contribution in [0, 0.1) is 0 Å². The summed E-state index contributed by atoms with van der Waals surface area (Å²) in [5.74, 6) is -0.533. The third-order valence-electron chi connectivity index (χ3n) is 2.70. The molecule has 0 bridgehead atoms. The van der Waals surface area contributed by atoms with Crippen LogP contribution in [0.3, 0.4) is 0 Å². The standard InChI is InChI=1S/C10H14N2O3/c13-10(14)9-8(15-7-11-9)3-6-12-4-1-2-5-12/h7H,1-6H2,(H,13,14). The maximum Gasteiger partial charge on any atom is 0.358 e. The number of likely N-dealkylation sites (tertiary alicyclic amines) is 1. The number of carboxylic acid groups (broad SMARTS) is 1. The second kappa shape index (κ2) is 4.44. The summed E-state index contributed by atoms with van der Waals surface area (Å²) >= 11 is 0. The van der Waals surface area contributed by atoms with Crippen molar-refractivity contribution in [2.75, 3.05) is 19.6 Å². The fourth-order valence-corrected chi connectivity index (χ4v) is 1.89. The lowest BCUT2D eigenvalue weighted by Gasteiger charge is -2.12. The topological polar surface area (TPSA) is 66.6 Å². The van der Waals surface area contributed by atoms with Crippen LogP contribution < -0.4 is 0 Å². The first-order valence-corrected chi connectivity index (χ1v) is 5.15. The fourth-order valence-electron chi connectivity index (χ4n) is 1.89. The molecule has 1 fully saturated rings. The van der Waals surface area contributed by atoms with Crippen LogP contribution in [0.25, 0.3) is 0 Å². The van der Waals surface area contributed by atoms with Crippen LogP contribution in [-0.2, 0) is 6.42 Å². The van der Waals surface area contributed by atoms with Gasteiger partial charge in [-0.2, -0.15) is 0 Å². The first-order chi connectivity index (χ1) is 7.27. The molecule has 2 heterocycles. The molecule has 5 nitrogen and oxygen atoms in total. The highest BCUT2D eigenvalue weighted by atomic mass is 16.4. The molecule has 1 aliphatic rings. The molecule has 15 heavy (non-hydrogen) atoms. The molecule has 0 atom stereocenters. The molecule has 0 amide bonds. The van der Waals surface area contributed by atoms with Gasteiger partial charge in [-0.15, -0.1) is 0 Å². The normalized spacial score (nSPS) is 17.1. The minimum absolute atomic E-state index is 0.0502. The van der Waals surface area contributed by atoms with Crippen LogP contribution in [0.5, 0.6) is 0 Å². The number of carbonyl (C=O) groups is 1. The molecule has 1 saturated heterocycles. The van der Waals surface area contributed by atoms with Crippen LogP contribution in [-0.4, -0.2) is 40.6 Å². The van der Waals surface area contributed by atoms with E-state index in [-0.39, 0.29) is 5.69 Å². The average Bonchev–Trinajstić information content (AvgIpc) is 2.86. The Kier molecular flexibility index (Phi) is 3.01. The van der Waals surface area contributed by atoms with Gasteiger partial charge < -0.3 is 14.4 Å². The van der Waals surface area contributed by atoms with Gasteiger partial charge in [0.2, 0.25) is 0 Å². The Hall–Kier alpha value is -1.36. The summed E-state index contributed by atoms with van der Waals surface area (Å²) in [6, 6.07) is 0. The molecule has 1 N–H and O–H groups in total. The van der Waals surface area contributed by atoms with E-state index in [9.17, 15) is 4.79 Å². The highest BCUT2D eigenvalue weighted by molar-refractivity contribution is 5.86. The van der Waals surface area contributed by atoms with E-state index < -0.39 is 5.97 Å². The van der Waals surface area contributed by atoms with Crippen molar-refractivity contribution in [1.82, 2.24) is 9.88 Å². The number of oxazole rings is 1. The molecule has 0 radical (unpaired) electrons. The Morgan fingerprint density at radius 2 is 2.27 bits per heavy atom. The lowest BCUT2D eigenvalue weighted by atomic mass is 10.2. The lowest BCUT2D eigenvalue weighted by Crippen LogP contribution is -2.22. The number of aromatic carboxylic acids is 1. The minimum Gasteiger partial charge on any atom is -0.476 e. The van der Waals surface area contributed by atoms with Gasteiger partial charge in [0.25, 0.3) is 0 Å². The molecule has 1 aromatic rings. The van der Waals surface area contributed by atoms with Gasteiger partial charge in [-0.25, -0.2) is 9.78 Å². The summed E-state index contributed by atoms with van der Waals surface area (Å²) in [5, 5.41) is 8.81. The van der Waals surface area contributed by atoms with Gasteiger partial charge in [0, 0.05) is 13.0 Å². The summed E-state index contributed by atoms with van der Waals surface area (Å²) in [5.41, 5.74) is 0.0502. The first-order valence-electron chi connectivity index (χ1n) is 5.15. The molecule has 2 rings (SSSR count). The van der Waals surface area contributed by atoms with Crippen molar-refractivity contribution in [3.63, 3.8) is 0 Å². The summed E-state index contributed by atoms with van der Waals surface area (Å²) in [6.07, 6.45) is 4.30. The van der Waals surface area contributed by atoms with Gasteiger partial charge >= 0.3 is 5.97 Å². The summed E-state index contributed by atoms with van der Waals surface area (Å²) in [7, 11) is 0. The quantitative estimate of drug-likeness (QED) is 0.803. The van der Waals surface area contributed by atoms with E-state index >= 15 is 0 Å². The van der Waals surface area contributed by atoms with Gasteiger partial charge in [-0.1, -0.05) is 0 Å². The van der Waals surface area contributed by atoms with Gasteiger partial charge in [0.15, 0.2) is 12.1 Å². The van der Waals surface area contributed by atoms with Crippen LogP contribution in [0.15, 0.2) is 10.8 Å². The molecule has 0 spiro atoms. The van der Waals surface area contributed by atoms with Crippen LogP contribution >= 0.6 is 0 Å². The SMILES string of the molecule is O=C(O)c1ncoc1CCN1CCCC1. The van der Waals surface area contributed by atoms with Crippen molar-refractivity contribution < 1.29 is 14.3 Å². The maximum atomic E-state index is 10.7. The molecule has 0 aliphatic carbocycles. The Morgan fingerprint density at radius 1 is 1.53 bits per heavy atom. The van der Waals surface area contributed by atoms with Gasteiger partial charge in [0.05, 0.1) is 0 Å². The number of aromatic nitrogens is 1. The molecule has 0 unspecified atom stereocenters. The Balaban J connectivity index is 1.92. The van der Waals surface area contributed by atoms with Crippen molar-refractivity contribution in [1.29, 1.82) is 0 Å². The van der Waals surface area contributed by atoms with Crippen LogP contribution in [0.1, 0.15) is 29.1 Å². The van der Waals surface area contributed by atoms with E-state index in [1.807, 2.05) is 0 Å². The number of hydrogen-bond acceptors (Lipinski definition) is 4. The van der Waals surface area contributed by atoms with Crippen molar-refractivity contribution in [2.24, 2.45) is 0 Å². The molecular formula is C10H14N2O3. The van der Waals surface area contributed by atoms with Crippen molar-refractivity contribution in [2.45, 2.75) is 19.3 Å². The predicted molar refractivity (Wildman–Crippen MR) is 52.8 cm³/mol. The summed E-state index contributed by atoms with van der Waals surface area (Å²) < 4.78 is 5.07. The molecule has 0 aromatic carbocycles. The van der Waals surface area contributed by atoms with E-state index in [4.69, 9.17) is 9.52 Å². The first kappa shape index (κ1) is 10.2. The van der Waals surface area contributed by atoms with E-state index in [2.05, 4.69) is 9.88 Å². The molecule has 1 aliphatic heterocycles. The largest absolute Gasteiger partial charge is 0.476 e. The zero-order valence-electron chi connectivity index (χ0n) is 8.48. The molecule has 82 valence electrons. The number of hydrogen-bond donors (Lipinski definition) is 1. The number of carboxylic acids is 1. The molecule has 5 heteroatoms. The second-order valence-corrected chi connectivity index (χ2v) is 3.73. The third-order valence-corrected chi connectivity index (χ3v) is 2.70. The summed E-state index contributed by atoms with van der Waals surface area (Å²) in [6.45, 7) is 3.07. The number of nitrogens with zero attached hydrogens (tertiary/aromatic N) is 2. The van der Waals surface area contributed by atoms with Crippen molar-refractivity contribution >= 4 is 5.97 Å². The van der Waals surface area contributed by atoms with E-state index in [1.54, 1.807) is 0 Å². The monoisotopic (exact) mass is 210 g/mol. The lowest BCUT2D eigenvalue weighted by molar-refractivity contribution is 0.0688. The molecule has 1 aromatic heterocycles. The Morgan fingerprint density at radius 3 is 2.93 bits per heavy atom. The smallest absolute Gasteiger partial charge is 0.358 e. The van der Waals surface area contributed by atoms with Crippen LogP contribution in [0.2, 0.25) is 0 Å². The molecular weight excluding hydrogens is 196 g/mol. The van der Waals surface area contributed by atoms with Crippen LogP contribution in [0.4, 0.5) is 0 Å². The maximum absolute atomic E-state index is 10.7. The zero-order chi connectivity index (χ0) is 10.7. The zero-order valence-corrected chi connectivity index (χ0v) is 8.48. The number of rotatable bonds is 4. The third kappa shape index (κ3) is 2.36. The summed E-state index contributed by atoms with van der Waals surface area (Å²) in [4.78, 5) is 16.7. The second-order valence-electron chi connectivity index (χ2n) is 3.73. The van der Waals surface area contributed by atoms with Gasteiger partial charge in [-0.3, -0.25) is 0 Å². The predicted octanol–water partition coefficient (Wildman–Crippen LogP) is 1.01. The average molecular weight is 210 g/mol. The minimum atomic E-state index is -1.01. The highest BCUT2D eigenvalue weighted by Gasteiger charge is 2.17. The van der Waals surface area contributed by atoms with Crippen molar-refractivity contribution in [3.8, 4) is 0 Å². The van der Waals surface area contributed by atoms with E-state index in [1.165, 1.54) is 19.2 Å².